The Morgan fingerprint density at radius 1 is 0.829 bits per heavy atom. The Bertz CT molecular complexity index is 1130. The highest BCUT2D eigenvalue weighted by atomic mass is 16.4. The zero-order valence-electron chi connectivity index (χ0n) is 20.2. The fourth-order valence-corrected chi connectivity index (χ4v) is 4.19. The van der Waals surface area contributed by atoms with Crippen LogP contribution in [0.25, 0.3) is 10.8 Å². The molecule has 2 amide bonds. The number of carboxylic acid groups (broad SMARTS) is 1. The Morgan fingerprint density at radius 3 is 2.26 bits per heavy atom. The lowest BCUT2D eigenvalue weighted by Gasteiger charge is -2.22. The lowest BCUT2D eigenvalue weighted by atomic mass is 9.95. The van der Waals surface area contributed by atoms with Gasteiger partial charge >= 0.3 is 5.97 Å². The van der Waals surface area contributed by atoms with E-state index in [1.165, 1.54) is 0 Å². The molecule has 0 fully saturated rings. The maximum Gasteiger partial charge on any atom is 0.304 e. The summed E-state index contributed by atoms with van der Waals surface area (Å²) in [5.41, 5.74) is 1.88. The Labute approximate surface area is 206 Å². The number of benzene rings is 3. The third-order valence-corrected chi connectivity index (χ3v) is 6.14. The molecule has 3 aromatic rings. The van der Waals surface area contributed by atoms with Gasteiger partial charge in [-0.25, -0.2) is 0 Å². The van der Waals surface area contributed by atoms with E-state index in [0.717, 1.165) is 41.2 Å². The van der Waals surface area contributed by atoms with E-state index < -0.39 is 17.9 Å². The molecule has 0 spiro atoms. The molecule has 35 heavy (non-hydrogen) atoms. The summed E-state index contributed by atoms with van der Waals surface area (Å²) in [5, 5.41) is 17.3. The third-order valence-electron chi connectivity index (χ3n) is 6.14. The Balaban J connectivity index is 1.77. The maximum atomic E-state index is 13.2. The molecule has 0 saturated heterocycles. The molecule has 0 heterocycles. The largest absolute Gasteiger partial charge is 0.481 e. The molecule has 0 radical (unpaired) electrons. The van der Waals surface area contributed by atoms with Gasteiger partial charge in [0.05, 0.1) is 6.42 Å². The van der Waals surface area contributed by atoms with Crippen molar-refractivity contribution in [2.24, 2.45) is 5.92 Å². The zero-order chi connectivity index (χ0) is 25.0. The van der Waals surface area contributed by atoms with Crippen molar-refractivity contribution < 1.29 is 19.5 Å². The zero-order valence-corrected chi connectivity index (χ0v) is 20.2. The van der Waals surface area contributed by atoms with Crippen molar-refractivity contribution in [3.8, 4) is 0 Å². The van der Waals surface area contributed by atoms with Crippen molar-refractivity contribution in [1.82, 2.24) is 10.6 Å². The second-order valence-electron chi connectivity index (χ2n) is 8.94. The van der Waals surface area contributed by atoms with Crippen LogP contribution in [0.2, 0.25) is 0 Å². The van der Waals surface area contributed by atoms with Crippen LogP contribution in [0.1, 0.15) is 50.2 Å². The van der Waals surface area contributed by atoms with Crippen LogP contribution in [0.15, 0.2) is 72.8 Å². The molecule has 3 aromatic carbocycles. The number of carbonyl (C=O) groups is 3. The average Bonchev–Trinajstić information content (AvgIpc) is 2.86. The second kappa shape index (κ2) is 13.3. The molecule has 0 aliphatic carbocycles. The number of carboxylic acids is 1. The lowest BCUT2D eigenvalue weighted by Crippen LogP contribution is -2.49. The fraction of sp³-hybridized carbons (Fsp3) is 0.345. The predicted molar refractivity (Wildman–Crippen MR) is 138 cm³/mol. The Morgan fingerprint density at radius 2 is 1.54 bits per heavy atom. The van der Waals surface area contributed by atoms with Crippen LogP contribution in [0.5, 0.6) is 0 Å². The van der Waals surface area contributed by atoms with E-state index in [-0.39, 0.29) is 18.2 Å². The molecule has 3 rings (SSSR count). The van der Waals surface area contributed by atoms with Gasteiger partial charge in [-0.15, -0.1) is 0 Å². The van der Waals surface area contributed by atoms with E-state index in [1.54, 1.807) is 0 Å². The monoisotopic (exact) mass is 474 g/mol. The molecule has 0 aromatic heterocycles. The Kier molecular flexibility index (Phi) is 9.84. The Hall–Kier alpha value is -3.67. The number of nitrogens with one attached hydrogen (secondary N) is 2. The standard InChI is InChI=1S/C29H34N2O4/c1-2-3-5-14-25(19-27(32)33)28(34)31-26(29(35)30-20-21-10-6-4-7-11-21)18-22-15-16-23-12-8-9-13-24(23)17-22/h4,6-13,15-17,25-26H,2-3,5,14,18-20H2,1H3,(H,30,35)(H,31,34)(H,32,33)/t25-,26-/m0/s1. The summed E-state index contributed by atoms with van der Waals surface area (Å²) in [6, 6.07) is 22.7. The topological polar surface area (TPSA) is 95.5 Å². The summed E-state index contributed by atoms with van der Waals surface area (Å²) in [4.78, 5) is 37.7. The van der Waals surface area contributed by atoms with Crippen LogP contribution in [-0.2, 0) is 27.3 Å². The van der Waals surface area contributed by atoms with Crippen LogP contribution in [0, 0.1) is 5.92 Å². The molecule has 6 nitrogen and oxygen atoms in total. The number of carbonyl (C=O) groups excluding carboxylic acids is 2. The maximum absolute atomic E-state index is 13.2. The summed E-state index contributed by atoms with van der Waals surface area (Å²) < 4.78 is 0. The van der Waals surface area contributed by atoms with E-state index in [0.29, 0.717) is 19.4 Å². The van der Waals surface area contributed by atoms with Gasteiger partial charge in [0, 0.05) is 18.9 Å². The summed E-state index contributed by atoms with van der Waals surface area (Å²) in [5.74, 6) is -2.36. The van der Waals surface area contributed by atoms with Crippen molar-refractivity contribution in [1.29, 1.82) is 0 Å². The van der Waals surface area contributed by atoms with Gasteiger partial charge in [0.1, 0.15) is 6.04 Å². The van der Waals surface area contributed by atoms with Crippen LogP contribution >= 0.6 is 0 Å². The molecule has 0 unspecified atom stereocenters. The number of unbranched alkanes of at least 4 members (excludes halogenated alkanes) is 2. The highest BCUT2D eigenvalue weighted by molar-refractivity contribution is 5.90. The van der Waals surface area contributed by atoms with Crippen molar-refractivity contribution >= 4 is 28.6 Å². The molecular weight excluding hydrogens is 440 g/mol. The van der Waals surface area contributed by atoms with Crippen LogP contribution in [-0.4, -0.2) is 28.9 Å². The first-order valence-corrected chi connectivity index (χ1v) is 12.3. The minimum absolute atomic E-state index is 0.246. The van der Waals surface area contributed by atoms with E-state index in [1.807, 2.05) is 72.8 Å². The molecule has 3 N–H and O–H groups in total. The minimum Gasteiger partial charge on any atom is -0.481 e. The molecule has 0 aliphatic heterocycles. The number of rotatable bonds is 13. The van der Waals surface area contributed by atoms with Gasteiger partial charge in [0.15, 0.2) is 0 Å². The SMILES string of the molecule is CCCCC[C@@H](CC(=O)O)C(=O)N[C@@H](Cc1ccc2ccccc2c1)C(=O)NCc1ccccc1. The van der Waals surface area contributed by atoms with E-state index in [2.05, 4.69) is 17.6 Å². The number of aliphatic carboxylic acids is 1. The van der Waals surface area contributed by atoms with Crippen LogP contribution in [0.3, 0.4) is 0 Å². The summed E-state index contributed by atoms with van der Waals surface area (Å²) in [6.45, 7) is 2.40. The number of hydrogen-bond acceptors (Lipinski definition) is 3. The van der Waals surface area contributed by atoms with Crippen LogP contribution < -0.4 is 10.6 Å². The van der Waals surface area contributed by atoms with Gasteiger partial charge < -0.3 is 15.7 Å². The molecule has 184 valence electrons. The quantitative estimate of drug-likeness (QED) is 0.309. The summed E-state index contributed by atoms with van der Waals surface area (Å²) in [6.07, 6.45) is 3.24. The fourth-order valence-electron chi connectivity index (χ4n) is 4.19. The van der Waals surface area contributed by atoms with Gasteiger partial charge in [-0.1, -0.05) is 99.0 Å². The van der Waals surface area contributed by atoms with Crippen LogP contribution in [0.4, 0.5) is 0 Å². The molecular formula is C29H34N2O4. The normalized spacial score (nSPS) is 12.6. The molecule has 6 heteroatoms. The molecule has 0 aliphatic rings. The first-order valence-electron chi connectivity index (χ1n) is 12.3. The van der Waals surface area contributed by atoms with Crippen molar-refractivity contribution in [2.75, 3.05) is 0 Å². The minimum atomic E-state index is -1.01. The van der Waals surface area contributed by atoms with Gasteiger partial charge in [-0.2, -0.15) is 0 Å². The van der Waals surface area contributed by atoms with Gasteiger partial charge in [0.25, 0.3) is 0 Å². The van der Waals surface area contributed by atoms with Gasteiger partial charge in [-0.3, -0.25) is 14.4 Å². The first kappa shape index (κ1) is 25.9. The van der Waals surface area contributed by atoms with Gasteiger partial charge in [0.2, 0.25) is 11.8 Å². The first-order chi connectivity index (χ1) is 17.0. The lowest BCUT2D eigenvalue weighted by molar-refractivity contribution is -0.141. The molecule has 2 atom stereocenters. The van der Waals surface area contributed by atoms with E-state index in [9.17, 15) is 19.5 Å². The number of fused-ring (bicyclic) bond motifs is 1. The summed E-state index contributed by atoms with van der Waals surface area (Å²) >= 11 is 0. The smallest absolute Gasteiger partial charge is 0.304 e. The van der Waals surface area contributed by atoms with Crippen molar-refractivity contribution in [2.45, 2.75) is 58.0 Å². The second-order valence-corrected chi connectivity index (χ2v) is 8.94. The van der Waals surface area contributed by atoms with Gasteiger partial charge in [-0.05, 0) is 28.3 Å². The highest BCUT2D eigenvalue weighted by Crippen LogP contribution is 2.18. The van der Waals surface area contributed by atoms with E-state index >= 15 is 0 Å². The molecule has 0 bridgehead atoms. The average molecular weight is 475 g/mol. The van der Waals surface area contributed by atoms with Crippen molar-refractivity contribution in [3.05, 3.63) is 83.9 Å². The number of amides is 2. The highest BCUT2D eigenvalue weighted by Gasteiger charge is 2.27. The number of hydrogen-bond donors (Lipinski definition) is 3. The predicted octanol–water partition coefficient (Wildman–Crippen LogP) is 4.85. The third kappa shape index (κ3) is 8.25. The summed E-state index contributed by atoms with van der Waals surface area (Å²) in [7, 11) is 0. The van der Waals surface area contributed by atoms with Crippen molar-refractivity contribution in [3.63, 3.8) is 0 Å². The van der Waals surface area contributed by atoms with E-state index in [4.69, 9.17) is 0 Å². The molecule has 0 saturated carbocycles.